The summed E-state index contributed by atoms with van der Waals surface area (Å²) >= 11 is 0. The lowest BCUT2D eigenvalue weighted by Crippen LogP contribution is -2.02. The molecule has 0 aliphatic heterocycles. The maximum Gasteiger partial charge on any atom is 0.164 e. The van der Waals surface area contributed by atoms with Crippen LogP contribution in [0, 0.1) is 0 Å². The molecule has 4 heteroatoms. The molecule has 4 nitrogen and oxygen atoms in total. The van der Waals surface area contributed by atoms with E-state index in [0.717, 1.165) is 61.0 Å². The maximum atomic E-state index is 5.16. The molecule has 8 rings (SSSR count). The average molecular weight is 589 g/mol. The Labute approximate surface area is 267 Å². The summed E-state index contributed by atoms with van der Waals surface area (Å²) in [4.78, 5) is 20.2. The Hall–Kier alpha value is -6.26. The third kappa shape index (κ3) is 5.23. The Balaban J connectivity index is 1.35. The lowest BCUT2D eigenvalue weighted by molar-refractivity contribution is 1.07. The molecule has 0 spiro atoms. The second-order valence-electron chi connectivity index (χ2n) is 11.1. The van der Waals surface area contributed by atoms with Gasteiger partial charge in [-0.05, 0) is 39.8 Å². The van der Waals surface area contributed by atoms with Crippen LogP contribution in [0.15, 0.2) is 170 Å². The van der Waals surface area contributed by atoms with Crippen LogP contribution in [0.1, 0.15) is 0 Å². The van der Waals surface area contributed by atoms with Crippen molar-refractivity contribution in [1.29, 1.82) is 0 Å². The molecule has 0 bridgehead atoms. The minimum absolute atomic E-state index is 0.604. The summed E-state index contributed by atoms with van der Waals surface area (Å²) in [7, 11) is 0. The van der Waals surface area contributed by atoms with Crippen molar-refractivity contribution in [3.05, 3.63) is 170 Å². The molecule has 0 radical (unpaired) electrons. The summed E-state index contributed by atoms with van der Waals surface area (Å²) in [5.74, 6) is 1.85. The molecule has 0 aliphatic rings. The lowest BCUT2D eigenvalue weighted by Gasteiger charge is -2.14. The van der Waals surface area contributed by atoms with Crippen LogP contribution in [0.5, 0.6) is 0 Å². The Kier molecular flexibility index (Phi) is 7.14. The molecule has 0 atom stereocenters. The molecular formula is C42H28N4. The van der Waals surface area contributed by atoms with Gasteiger partial charge in [0, 0.05) is 33.8 Å². The van der Waals surface area contributed by atoms with Gasteiger partial charge in [-0.2, -0.15) is 0 Å². The van der Waals surface area contributed by atoms with Crippen molar-refractivity contribution >= 4 is 10.8 Å². The van der Waals surface area contributed by atoms with Crippen LogP contribution < -0.4 is 0 Å². The zero-order chi connectivity index (χ0) is 30.7. The molecule has 0 fully saturated rings. The maximum absolute atomic E-state index is 5.16. The quantitative estimate of drug-likeness (QED) is 0.194. The topological polar surface area (TPSA) is 51.6 Å². The molecule has 8 aromatic rings. The van der Waals surface area contributed by atoms with Crippen molar-refractivity contribution in [1.82, 2.24) is 19.9 Å². The molecule has 0 aliphatic carbocycles. The van der Waals surface area contributed by atoms with Crippen LogP contribution in [-0.4, -0.2) is 19.9 Å². The van der Waals surface area contributed by atoms with Crippen molar-refractivity contribution in [2.75, 3.05) is 0 Å². The predicted octanol–water partition coefficient (Wildman–Crippen LogP) is 10.4. The Morgan fingerprint density at radius 1 is 0.326 bits per heavy atom. The molecule has 216 valence electrons. The second-order valence-corrected chi connectivity index (χ2v) is 11.1. The van der Waals surface area contributed by atoms with Gasteiger partial charge in [0.25, 0.3) is 0 Å². The molecule has 6 aromatic carbocycles. The second kappa shape index (κ2) is 12.0. The molecular weight excluding hydrogens is 560 g/mol. The van der Waals surface area contributed by atoms with Gasteiger partial charge in [0.15, 0.2) is 17.5 Å². The third-order valence-electron chi connectivity index (χ3n) is 8.21. The Morgan fingerprint density at radius 3 is 1.43 bits per heavy atom. The number of benzene rings is 6. The molecule has 0 saturated carbocycles. The van der Waals surface area contributed by atoms with E-state index in [2.05, 4.69) is 127 Å². The molecule has 2 heterocycles. The van der Waals surface area contributed by atoms with E-state index in [4.69, 9.17) is 19.9 Å². The fourth-order valence-corrected chi connectivity index (χ4v) is 6.00. The van der Waals surface area contributed by atoms with Crippen molar-refractivity contribution in [2.45, 2.75) is 0 Å². The van der Waals surface area contributed by atoms with Gasteiger partial charge in [0.2, 0.25) is 0 Å². The van der Waals surface area contributed by atoms with Crippen molar-refractivity contribution < 1.29 is 0 Å². The van der Waals surface area contributed by atoms with Crippen molar-refractivity contribution in [3.63, 3.8) is 0 Å². The van der Waals surface area contributed by atoms with E-state index in [1.54, 1.807) is 0 Å². The third-order valence-corrected chi connectivity index (χ3v) is 8.21. The summed E-state index contributed by atoms with van der Waals surface area (Å²) in [5.41, 5.74) is 9.07. The zero-order valence-electron chi connectivity index (χ0n) is 25.0. The number of rotatable bonds is 6. The molecule has 2 aromatic heterocycles. The highest BCUT2D eigenvalue weighted by Gasteiger charge is 2.18. The van der Waals surface area contributed by atoms with Crippen LogP contribution in [-0.2, 0) is 0 Å². The lowest BCUT2D eigenvalue weighted by atomic mass is 9.98. The molecule has 0 saturated heterocycles. The number of nitrogens with zero attached hydrogens (tertiary/aromatic N) is 4. The molecule has 0 unspecified atom stereocenters. The first-order valence-corrected chi connectivity index (χ1v) is 15.3. The summed E-state index contributed by atoms with van der Waals surface area (Å²) in [6.45, 7) is 0. The van der Waals surface area contributed by atoms with Crippen LogP contribution in [0.3, 0.4) is 0 Å². The van der Waals surface area contributed by atoms with E-state index in [1.165, 1.54) is 0 Å². The number of pyridine rings is 1. The summed E-state index contributed by atoms with van der Waals surface area (Å²) in [6, 6.07) is 56.1. The smallest absolute Gasteiger partial charge is 0.164 e. The van der Waals surface area contributed by atoms with Crippen LogP contribution >= 0.6 is 0 Å². The van der Waals surface area contributed by atoms with Crippen LogP contribution in [0.4, 0.5) is 0 Å². The fraction of sp³-hybridized carbons (Fsp3) is 0. The van der Waals surface area contributed by atoms with E-state index in [1.807, 2.05) is 42.6 Å². The zero-order valence-corrected chi connectivity index (χ0v) is 25.0. The van der Waals surface area contributed by atoms with Gasteiger partial charge in [-0.3, -0.25) is 4.98 Å². The van der Waals surface area contributed by atoms with E-state index in [-0.39, 0.29) is 0 Å². The van der Waals surface area contributed by atoms with Crippen LogP contribution in [0.2, 0.25) is 0 Å². The van der Waals surface area contributed by atoms with E-state index in [0.29, 0.717) is 17.5 Å². The summed E-state index contributed by atoms with van der Waals surface area (Å²) < 4.78 is 0. The largest absolute Gasteiger partial charge is 0.256 e. The summed E-state index contributed by atoms with van der Waals surface area (Å²) in [5, 5.41) is 2.26. The van der Waals surface area contributed by atoms with Gasteiger partial charge in [-0.15, -0.1) is 0 Å². The SMILES string of the molecule is c1ccc(-c2ccccc2-c2nc(-c3cccc(-c4nccc5ccccc45)c3)nc(-c3ccccc3-c3ccccc3)n2)cc1. The Bertz CT molecular complexity index is 2210. The van der Waals surface area contributed by atoms with Gasteiger partial charge in [-0.1, -0.05) is 152 Å². The minimum Gasteiger partial charge on any atom is -0.256 e. The number of hydrogen-bond acceptors (Lipinski definition) is 4. The van der Waals surface area contributed by atoms with Gasteiger partial charge in [-0.25, -0.2) is 15.0 Å². The van der Waals surface area contributed by atoms with Gasteiger partial charge in [0.05, 0.1) is 5.69 Å². The van der Waals surface area contributed by atoms with E-state index in [9.17, 15) is 0 Å². The molecule has 0 amide bonds. The Morgan fingerprint density at radius 2 is 0.804 bits per heavy atom. The highest BCUT2D eigenvalue weighted by Crippen LogP contribution is 2.36. The number of fused-ring (bicyclic) bond motifs is 1. The first kappa shape index (κ1) is 27.3. The number of aromatic nitrogens is 4. The number of hydrogen-bond donors (Lipinski definition) is 0. The normalized spacial score (nSPS) is 11.0. The van der Waals surface area contributed by atoms with E-state index < -0.39 is 0 Å². The highest BCUT2D eigenvalue weighted by molar-refractivity contribution is 5.95. The van der Waals surface area contributed by atoms with Gasteiger partial charge in [0.1, 0.15) is 0 Å². The van der Waals surface area contributed by atoms with Crippen LogP contribution in [0.25, 0.3) is 78.4 Å². The fourth-order valence-electron chi connectivity index (χ4n) is 6.00. The monoisotopic (exact) mass is 588 g/mol. The standard InChI is InChI=1S/C42H28N4/c1-3-14-29(15-4-1)34-21-9-11-24-37(34)41-44-40(45-42(46-41)38-25-12-10-22-35(38)30-16-5-2-6-17-30)33-20-13-19-32(28-33)39-36-23-8-7-18-31(36)26-27-43-39/h1-28H. The highest BCUT2D eigenvalue weighted by atomic mass is 15.0. The van der Waals surface area contributed by atoms with Crippen molar-refractivity contribution in [3.8, 4) is 67.7 Å². The van der Waals surface area contributed by atoms with Gasteiger partial charge < -0.3 is 0 Å². The minimum atomic E-state index is 0.604. The first-order chi connectivity index (χ1) is 22.8. The van der Waals surface area contributed by atoms with E-state index >= 15 is 0 Å². The molecule has 0 N–H and O–H groups in total. The van der Waals surface area contributed by atoms with Gasteiger partial charge >= 0.3 is 0 Å². The summed E-state index contributed by atoms with van der Waals surface area (Å²) in [6.07, 6.45) is 1.87. The average Bonchev–Trinajstić information content (AvgIpc) is 3.15. The predicted molar refractivity (Wildman–Crippen MR) is 188 cm³/mol. The molecule has 46 heavy (non-hydrogen) atoms. The first-order valence-electron chi connectivity index (χ1n) is 15.3. The van der Waals surface area contributed by atoms with Crippen molar-refractivity contribution in [2.24, 2.45) is 0 Å².